The van der Waals surface area contributed by atoms with Crippen LogP contribution in [0.4, 0.5) is 17.1 Å². The van der Waals surface area contributed by atoms with Gasteiger partial charge in [0.25, 0.3) is 0 Å². The minimum atomic E-state index is 0.151. The molecule has 1 N–H and O–H groups in total. The molecule has 2 aliphatic heterocycles. The maximum atomic E-state index is 12.4. The fourth-order valence-electron chi connectivity index (χ4n) is 4.82. The molecular weight excluding hydrogens is 452 g/mol. The van der Waals surface area contributed by atoms with E-state index in [-0.39, 0.29) is 5.91 Å². The highest BCUT2D eigenvalue weighted by molar-refractivity contribution is 5.79. The van der Waals surface area contributed by atoms with Gasteiger partial charge in [-0.05, 0) is 53.6 Å². The number of anilines is 3. The lowest BCUT2D eigenvalue weighted by Crippen LogP contribution is -2.47. The SMILES string of the molecule is COc1cccc(CN(c2cccc(CN3CCNCC3=O)c2)c2cccc(N3CCOCC3)c2)c1. The summed E-state index contributed by atoms with van der Waals surface area (Å²) in [6, 6.07) is 25.5. The van der Waals surface area contributed by atoms with Crippen molar-refractivity contribution in [1.29, 1.82) is 0 Å². The summed E-state index contributed by atoms with van der Waals surface area (Å²) in [6.07, 6.45) is 0. The van der Waals surface area contributed by atoms with Crippen LogP contribution in [-0.2, 0) is 22.6 Å². The second kappa shape index (κ2) is 11.5. The Bertz CT molecular complexity index is 1180. The topological polar surface area (TPSA) is 57.3 Å². The average molecular weight is 487 g/mol. The molecule has 7 heteroatoms. The molecule has 0 saturated carbocycles. The van der Waals surface area contributed by atoms with E-state index in [1.54, 1.807) is 7.11 Å². The smallest absolute Gasteiger partial charge is 0.236 e. The van der Waals surface area contributed by atoms with Gasteiger partial charge < -0.3 is 29.5 Å². The molecule has 188 valence electrons. The molecule has 0 atom stereocenters. The van der Waals surface area contributed by atoms with E-state index < -0.39 is 0 Å². The number of benzene rings is 3. The molecule has 3 aromatic carbocycles. The van der Waals surface area contributed by atoms with E-state index in [1.165, 1.54) is 5.69 Å². The first-order chi connectivity index (χ1) is 17.7. The molecule has 0 aromatic heterocycles. The fraction of sp³-hybridized carbons (Fsp3) is 0.345. The van der Waals surface area contributed by atoms with Crippen molar-refractivity contribution in [3.8, 4) is 5.75 Å². The van der Waals surface area contributed by atoms with Crippen molar-refractivity contribution in [1.82, 2.24) is 10.2 Å². The van der Waals surface area contributed by atoms with E-state index in [0.717, 1.165) is 67.6 Å². The molecule has 2 aliphatic rings. The molecule has 36 heavy (non-hydrogen) atoms. The minimum absolute atomic E-state index is 0.151. The predicted molar refractivity (Wildman–Crippen MR) is 143 cm³/mol. The third-order valence-corrected chi connectivity index (χ3v) is 6.78. The fourth-order valence-corrected chi connectivity index (χ4v) is 4.82. The number of ether oxygens (including phenoxy) is 2. The van der Waals surface area contributed by atoms with Crippen molar-refractivity contribution in [2.75, 3.05) is 62.8 Å². The van der Waals surface area contributed by atoms with Gasteiger partial charge >= 0.3 is 0 Å². The lowest BCUT2D eigenvalue weighted by Gasteiger charge is -2.31. The normalized spacial score (nSPS) is 16.2. The Morgan fingerprint density at radius 2 is 1.67 bits per heavy atom. The van der Waals surface area contributed by atoms with Gasteiger partial charge in [-0.25, -0.2) is 0 Å². The van der Waals surface area contributed by atoms with Crippen LogP contribution >= 0.6 is 0 Å². The van der Waals surface area contributed by atoms with E-state index in [9.17, 15) is 4.79 Å². The monoisotopic (exact) mass is 486 g/mol. The number of amides is 1. The van der Waals surface area contributed by atoms with Crippen molar-refractivity contribution in [3.05, 3.63) is 83.9 Å². The lowest BCUT2D eigenvalue weighted by molar-refractivity contribution is -0.132. The summed E-state index contributed by atoms with van der Waals surface area (Å²) in [7, 11) is 1.70. The van der Waals surface area contributed by atoms with Crippen LogP contribution in [0.3, 0.4) is 0 Å². The van der Waals surface area contributed by atoms with Gasteiger partial charge in [0.2, 0.25) is 5.91 Å². The number of methoxy groups -OCH3 is 1. The molecule has 2 heterocycles. The number of hydrogen-bond acceptors (Lipinski definition) is 6. The third kappa shape index (κ3) is 5.80. The predicted octanol–water partition coefficient (Wildman–Crippen LogP) is 3.80. The van der Waals surface area contributed by atoms with Crippen LogP contribution in [0.5, 0.6) is 5.75 Å². The summed E-state index contributed by atoms with van der Waals surface area (Å²) < 4.78 is 11.0. The molecule has 0 bridgehead atoms. The quantitative estimate of drug-likeness (QED) is 0.523. The highest BCUT2D eigenvalue weighted by Gasteiger charge is 2.19. The zero-order chi connectivity index (χ0) is 24.7. The maximum Gasteiger partial charge on any atom is 0.236 e. The Hall–Kier alpha value is -3.55. The summed E-state index contributed by atoms with van der Waals surface area (Å²) >= 11 is 0. The van der Waals surface area contributed by atoms with Gasteiger partial charge in [0.05, 0.1) is 26.9 Å². The zero-order valence-electron chi connectivity index (χ0n) is 20.9. The molecular formula is C29H34N4O3. The molecule has 0 radical (unpaired) electrons. The van der Waals surface area contributed by atoms with E-state index in [4.69, 9.17) is 9.47 Å². The van der Waals surface area contributed by atoms with Gasteiger partial charge in [-0.1, -0.05) is 30.3 Å². The van der Waals surface area contributed by atoms with E-state index in [2.05, 4.69) is 75.8 Å². The van der Waals surface area contributed by atoms with Crippen LogP contribution in [-0.4, -0.2) is 63.9 Å². The molecule has 1 amide bonds. The van der Waals surface area contributed by atoms with Gasteiger partial charge in [0.15, 0.2) is 0 Å². The number of piperazine rings is 1. The first-order valence-corrected chi connectivity index (χ1v) is 12.6. The zero-order valence-corrected chi connectivity index (χ0v) is 20.9. The minimum Gasteiger partial charge on any atom is -0.497 e. The molecule has 7 nitrogen and oxygen atoms in total. The maximum absolute atomic E-state index is 12.4. The molecule has 2 fully saturated rings. The van der Waals surface area contributed by atoms with Crippen LogP contribution in [0.1, 0.15) is 11.1 Å². The number of rotatable bonds is 8. The highest BCUT2D eigenvalue weighted by Crippen LogP contribution is 2.32. The third-order valence-electron chi connectivity index (χ3n) is 6.78. The standard InChI is InChI=1S/C29H34N4O3/c1-35-28-10-3-6-24(18-28)22-33(27-9-4-7-25(19-27)31-13-15-36-16-14-31)26-8-2-5-23(17-26)21-32-12-11-30-20-29(32)34/h2-10,17-19,30H,11-16,20-22H2,1H3. The number of nitrogens with one attached hydrogen (secondary N) is 1. The van der Waals surface area contributed by atoms with Crippen molar-refractivity contribution in [2.24, 2.45) is 0 Å². The summed E-state index contributed by atoms with van der Waals surface area (Å²) in [4.78, 5) is 19.0. The first-order valence-electron chi connectivity index (χ1n) is 12.6. The number of carbonyl (C=O) groups excluding carboxylic acids is 1. The van der Waals surface area contributed by atoms with Crippen LogP contribution in [0.15, 0.2) is 72.8 Å². The van der Waals surface area contributed by atoms with Crippen molar-refractivity contribution >= 4 is 23.0 Å². The van der Waals surface area contributed by atoms with Crippen LogP contribution in [0.2, 0.25) is 0 Å². The van der Waals surface area contributed by atoms with Gasteiger partial charge in [-0.2, -0.15) is 0 Å². The number of hydrogen-bond donors (Lipinski definition) is 1. The second-order valence-corrected chi connectivity index (χ2v) is 9.22. The Labute approximate surface area is 213 Å². The highest BCUT2D eigenvalue weighted by atomic mass is 16.5. The first kappa shape index (κ1) is 24.2. The summed E-state index contributed by atoms with van der Waals surface area (Å²) in [5, 5.41) is 3.15. The van der Waals surface area contributed by atoms with E-state index >= 15 is 0 Å². The van der Waals surface area contributed by atoms with Gasteiger partial charge in [-0.15, -0.1) is 0 Å². The molecule has 0 spiro atoms. The molecule has 0 unspecified atom stereocenters. The van der Waals surface area contributed by atoms with Crippen molar-refractivity contribution in [3.63, 3.8) is 0 Å². The van der Waals surface area contributed by atoms with Crippen molar-refractivity contribution < 1.29 is 14.3 Å². The number of carbonyl (C=O) groups is 1. The van der Waals surface area contributed by atoms with Crippen LogP contribution in [0.25, 0.3) is 0 Å². The summed E-state index contributed by atoms with van der Waals surface area (Å²) in [6.45, 7) is 6.60. The number of nitrogens with zero attached hydrogens (tertiary/aromatic N) is 3. The Kier molecular flexibility index (Phi) is 7.69. The lowest BCUT2D eigenvalue weighted by atomic mass is 10.1. The second-order valence-electron chi connectivity index (χ2n) is 9.22. The largest absolute Gasteiger partial charge is 0.497 e. The molecule has 5 rings (SSSR count). The summed E-state index contributed by atoms with van der Waals surface area (Å²) in [5.41, 5.74) is 5.71. The number of morpholine rings is 1. The molecule has 3 aromatic rings. The van der Waals surface area contributed by atoms with Gasteiger partial charge in [0, 0.05) is 56.3 Å². The average Bonchev–Trinajstić information content (AvgIpc) is 2.94. The van der Waals surface area contributed by atoms with Gasteiger partial charge in [0.1, 0.15) is 5.75 Å². The van der Waals surface area contributed by atoms with E-state index in [0.29, 0.717) is 19.6 Å². The van der Waals surface area contributed by atoms with Crippen LogP contribution in [0, 0.1) is 0 Å². The van der Waals surface area contributed by atoms with Crippen LogP contribution < -0.4 is 19.9 Å². The molecule has 2 saturated heterocycles. The van der Waals surface area contributed by atoms with E-state index in [1.807, 2.05) is 17.0 Å². The van der Waals surface area contributed by atoms with Crippen molar-refractivity contribution in [2.45, 2.75) is 13.1 Å². The summed E-state index contributed by atoms with van der Waals surface area (Å²) in [5.74, 6) is 0.999. The Morgan fingerprint density at radius 1 is 0.917 bits per heavy atom. The molecule has 0 aliphatic carbocycles. The Balaban J connectivity index is 1.47. The Morgan fingerprint density at radius 3 is 2.47 bits per heavy atom. The van der Waals surface area contributed by atoms with Gasteiger partial charge in [-0.3, -0.25) is 4.79 Å².